The van der Waals surface area contributed by atoms with Crippen LogP contribution in [0.5, 0.6) is 0 Å². The third-order valence-corrected chi connectivity index (χ3v) is 3.73. The molecule has 1 heterocycles. The van der Waals surface area contributed by atoms with Crippen LogP contribution >= 0.6 is 0 Å². The van der Waals surface area contributed by atoms with Crippen molar-refractivity contribution in [3.05, 3.63) is 18.7 Å². The van der Waals surface area contributed by atoms with Gasteiger partial charge in [-0.1, -0.05) is 12.8 Å². The topological polar surface area (TPSA) is 29.9 Å². The van der Waals surface area contributed by atoms with Crippen molar-refractivity contribution >= 4 is 0 Å². The molecule has 0 aromatic carbocycles. The van der Waals surface area contributed by atoms with Gasteiger partial charge in [0.1, 0.15) is 0 Å². The van der Waals surface area contributed by atoms with Gasteiger partial charge in [0, 0.05) is 25.0 Å². The summed E-state index contributed by atoms with van der Waals surface area (Å²) in [5.41, 5.74) is 0. The van der Waals surface area contributed by atoms with Crippen molar-refractivity contribution in [1.29, 1.82) is 0 Å². The molecular formula is C13H23N3. The fourth-order valence-electron chi connectivity index (χ4n) is 2.63. The van der Waals surface area contributed by atoms with Gasteiger partial charge < -0.3 is 9.88 Å². The predicted molar refractivity (Wildman–Crippen MR) is 66.3 cm³/mol. The van der Waals surface area contributed by atoms with Gasteiger partial charge in [-0.3, -0.25) is 0 Å². The quantitative estimate of drug-likeness (QED) is 0.748. The summed E-state index contributed by atoms with van der Waals surface area (Å²) < 4.78 is 2.14. The third-order valence-electron chi connectivity index (χ3n) is 3.73. The van der Waals surface area contributed by atoms with Crippen molar-refractivity contribution in [3.8, 4) is 0 Å². The van der Waals surface area contributed by atoms with Crippen LogP contribution in [0.3, 0.4) is 0 Å². The average Bonchev–Trinajstić information content (AvgIpc) is 2.96. The van der Waals surface area contributed by atoms with E-state index in [0.717, 1.165) is 19.0 Å². The molecule has 0 bridgehead atoms. The Labute approximate surface area is 98.3 Å². The molecular weight excluding hydrogens is 198 g/mol. The van der Waals surface area contributed by atoms with Gasteiger partial charge in [-0.15, -0.1) is 0 Å². The number of nitrogens with zero attached hydrogens (tertiary/aromatic N) is 2. The minimum atomic E-state index is 0.699. The minimum absolute atomic E-state index is 0.699. The second kappa shape index (κ2) is 6.04. The smallest absolute Gasteiger partial charge is 0.0945 e. The number of hydrogen-bond donors (Lipinski definition) is 1. The van der Waals surface area contributed by atoms with Crippen LogP contribution in [0.25, 0.3) is 0 Å². The molecule has 0 radical (unpaired) electrons. The Balaban J connectivity index is 1.57. The summed E-state index contributed by atoms with van der Waals surface area (Å²) in [4.78, 5) is 4.04. The molecule has 3 nitrogen and oxygen atoms in total. The van der Waals surface area contributed by atoms with Gasteiger partial charge in [0.05, 0.1) is 6.33 Å². The van der Waals surface area contributed by atoms with Crippen molar-refractivity contribution in [2.75, 3.05) is 6.54 Å². The van der Waals surface area contributed by atoms with E-state index in [-0.39, 0.29) is 0 Å². The van der Waals surface area contributed by atoms with E-state index in [1.54, 1.807) is 0 Å². The van der Waals surface area contributed by atoms with E-state index in [1.165, 1.54) is 32.1 Å². The lowest BCUT2D eigenvalue weighted by molar-refractivity contribution is 0.376. The molecule has 1 N–H and O–H groups in total. The van der Waals surface area contributed by atoms with Crippen LogP contribution in [-0.4, -0.2) is 22.1 Å². The lowest BCUT2D eigenvalue weighted by Gasteiger charge is -2.20. The summed E-state index contributed by atoms with van der Waals surface area (Å²) in [6, 6.07) is 0.699. The molecule has 0 amide bonds. The van der Waals surface area contributed by atoms with E-state index in [0.29, 0.717) is 6.04 Å². The number of hydrogen-bond acceptors (Lipinski definition) is 2. The first-order valence-electron chi connectivity index (χ1n) is 6.55. The molecule has 1 atom stereocenters. The summed E-state index contributed by atoms with van der Waals surface area (Å²) in [5, 5.41) is 3.65. The molecule has 3 heteroatoms. The Morgan fingerprint density at radius 2 is 2.25 bits per heavy atom. The van der Waals surface area contributed by atoms with E-state index >= 15 is 0 Å². The van der Waals surface area contributed by atoms with E-state index < -0.39 is 0 Å². The van der Waals surface area contributed by atoms with Gasteiger partial charge in [0.15, 0.2) is 0 Å². The fraction of sp³-hybridized carbons (Fsp3) is 0.769. The van der Waals surface area contributed by atoms with Crippen LogP contribution in [0.1, 0.15) is 39.0 Å². The summed E-state index contributed by atoms with van der Waals surface area (Å²) in [6.45, 7) is 4.54. The Bertz CT molecular complexity index is 275. The van der Waals surface area contributed by atoms with Crippen molar-refractivity contribution in [2.45, 2.75) is 51.6 Å². The molecule has 0 spiro atoms. The largest absolute Gasteiger partial charge is 0.337 e. The summed E-state index contributed by atoms with van der Waals surface area (Å²) in [7, 11) is 0. The lowest BCUT2D eigenvalue weighted by Crippen LogP contribution is -2.33. The monoisotopic (exact) mass is 221 g/mol. The molecule has 2 rings (SSSR count). The zero-order valence-electron chi connectivity index (χ0n) is 10.2. The van der Waals surface area contributed by atoms with Crippen molar-refractivity contribution < 1.29 is 0 Å². The number of nitrogens with one attached hydrogen (secondary N) is 1. The number of aryl methyl sites for hydroxylation is 1. The lowest BCUT2D eigenvalue weighted by atomic mass is 10.00. The summed E-state index contributed by atoms with van der Waals surface area (Å²) >= 11 is 0. The highest BCUT2D eigenvalue weighted by Gasteiger charge is 2.20. The van der Waals surface area contributed by atoms with Crippen LogP contribution in [0.4, 0.5) is 0 Å². The number of rotatable bonds is 6. The molecule has 1 fully saturated rings. The first-order chi connectivity index (χ1) is 7.86. The summed E-state index contributed by atoms with van der Waals surface area (Å²) in [6.07, 6.45) is 12.7. The molecule has 1 aromatic heterocycles. The van der Waals surface area contributed by atoms with E-state index in [1.807, 2.05) is 18.7 Å². The fourth-order valence-corrected chi connectivity index (χ4v) is 2.63. The maximum atomic E-state index is 4.04. The highest BCUT2D eigenvalue weighted by atomic mass is 15.0. The van der Waals surface area contributed by atoms with Crippen LogP contribution in [0.2, 0.25) is 0 Å². The molecule has 1 saturated carbocycles. The van der Waals surface area contributed by atoms with Crippen molar-refractivity contribution in [2.24, 2.45) is 5.92 Å². The standard InChI is InChI=1S/C13H23N3/c1-12(13-5-2-3-6-13)15-7-4-9-16-10-8-14-11-16/h8,10-13,15H,2-7,9H2,1H3/t12-/m1/s1. The normalized spacial score (nSPS) is 19.1. The molecule has 1 aliphatic carbocycles. The average molecular weight is 221 g/mol. The number of aromatic nitrogens is 2. The van der Waals surface area contributed by atoms with Gasteiger partial charge in [-0.2, -0.15) is 0 Å². The Morgan fingerprint density at radius 1 is 1.44 bits per heavy atom. The van der Waals surface area contributed by atoms with Gasteiger partial charge in [0.2, 0.25) is 0 Å². The second-order valence-electron chi connectivity index (χ2n) is 4.94. The summed E-state index contributed by atoms with van der Waals surface area (Å²) in [5.74, 6) is 0.924. The van der Waals surface area contributed by atoms with Crippen LogP contribution in [0.15, 0.2) is 18.7 Å². The van der Waals surface area contributed by atoms with E-state index in [9.17, 15) is 0 Å². The second-order valence-corrected chi connectivity index (χ2v) is 4.94. The van der Waals surface area contributed by atoms with Crippen LogP contribution in [-0.2, 0) is 6.54 Å². The van der Waals surface area contributed by atoms with Crippen LogP contribution in [0, 0.1) is 5.92 Å². The Morgan fingerprint density at radius 3 is 2.94 bits per heavy atom. The molecule has 90 valence electrons. The molecule has 0 unspecified atom stereocenters. The van der Waals surface area contributed by atoms with Gasteiger partial charge in [-0.05, 0) is 38.6 Å². The highest BCUT2D eigenvalue weighted by Crippen LogP contribution is 2.27. The molecule has 0 saturated heterocycles. The number of imidazole rings is 1. The molecule has 16 heavy (non-hydrogen) atoms. The highest BCUT2D eigenvalue weighted by molar-refractivity contribution is 4.77. The maximum absolute atomic E-state index is 4.04. The zero-order chi connectivity index (χ0) is 11.2. The van der Waals surface area contributed by atoms with E-state index in [2.05, 4.69) is 21.8 Å². The Kier molecular flexibility index (Phi) is 4.40. The molecule has 1 aliphatic rings. The SMILES string of the molecule is C[C@@H](NCCCn1ccnc1)C1CCCC1. The first-order valence-corrected chi connectivity index (χ1v) is 6.55. The zero-order valence-corrected chi connectivity index (χ0v) is 10.2. The van der Waals surface area contributed by atoms with Crippen LogP contribution < -0.4 is 5.32 Å². The Hall–Kier alpha value is -0.830. The van der Waals surface area contributed by atoms with Crippen molar-refractivity contribution in [1.82, 2.24) is 14.9 Å². The predicted octanol–water partition coefficient (Wildman–Crippen LogP) is 2.44. The molecule has 0 aliphatic heterocycles. The minimum Gasteiger partial charge on any atom is -0.337 e. The van der Waals surface area contributed by atoms with Gasteiger partial charge >= 0.3 is 0 Å². The first kappa shape index (κ1) is 11.6. The molecule has 1 aromatic rings. The van der Waals surface area contributed by atoms with Crippen molar-refractivity contribution in [3.63, 3.8) is 0 Å². The maximum Gasteiger partial charge on any atom is 0.0945 e. The van der Waals surface area contributed by atoms with Gasteiger partial charge in [-0.25, -0.2) is 4.98 Å². The van der Waals surface area contributed by atoms with Gasteiger partial charge in [0.25, 0.3) is 0 Å². The van der Waals surface area contributed by atoms with E-state index in [4.69, 9.17) is 0 Å². The third kappa shape index (κ3) is 3.34.